The summed E-state index contributed by atoms with van der Waals surface area (Å²) in [6, 6.07) is 13.6. The topological polar surface area (TPSA) is 68.5 Å². The van der Waals surface area contributed by atoms with Crippen LogP contribution in [0.3, 0.4) is 0 Å². The van der Waals surface area contributed by atoms with E-state index in [9.17, 15) is 9.59 Å². The van der Waals surface area contributed by atoms with Crippen LogP contribution in [0.2, 0.25) is 0 Å². The summed E-state index contributed by atoms with van der Waals surface area (Å²) in [7, 11) is 0. The van der Waals surface area contributed by atoms with Crippen molar-refractivity contribution in [2.75, 3.05) is 5.32 Å². The molecule has 1 amide bonds. The highest BCUT2D eigenvalue weighted by atomic mass is 79.9. The second-order valence-corrected chi connectivity index (χ2v) is 8.82. The number of carbonyl (C=O) groups excluding carboxylic acids is 2. The molecule has 1 N–H and O–H groups in total. The normalized spacial score (nSPS) is 33.7. The van der Waals surface area contributed by atoms with E-state index >= 15 is 0 Å². The Morgan fingerprint density at radius 1 is 1.07 bits per heavy atom. The molecule has 1 aromatic heterocycles. The maximum atomic E-state index is 13.0. The van der Waals surface area contributed by atoms with Gasteiger partial charge in [-0.05, 0) is 30.5 Å². The van der Waals surface area contributed by atoms with E-state index in [2.05, 4.69) is 21.2 Å². The zero-order chi connectivity index (χ0) is 18.3. The first-order chi connectivity index (χ1) is 13.1. The summed E-state index contributed by atoms with van der Waals surface area (Å²) in [5, 5.41) is 5.08. The van der Waals surface area contributed by atoms with E-state index in [1.165, 1.54) is 0 Å². The molecular weight excluding hydrogens is 410 g/mol. The lowest BCUT2D eigenvalue weighted by Crippen LogP contribution is -2.40. The van der Waals surface area contributed by atoms with Crippen molar-refractivity contribution in [1.82, 2.24) is 0 Å². The monoisotopic (exact) mass is 425 g/mol. The summed E-state index contributed by atoms with van der Waals surface area (Å²) in [5.41, 5.74) is 2.25. The Morgan fingerprint density at radius 3 is 2.78 bits per heavy atom. The quantitative estimate of drug-likeness (QED) is 0.495. The number of halogens is 1. The van der Waals surface area contributed by atoms with Crippen LogP contribution in [0.15, 0.2) is 46.9 Å². The van der Waals surface area contributed by atoms with Crippen LogP contribution in [0.5, 0.6) is 0 Å². The first-order valence-corrected chi connectivity index (χ1v) is 10.1. The number of benzene rings is 2. The fraction of sp³-hybridized carbons (Fsp3) is 0.333. The third-order valence-corrected chi connectivity index (χ3v) is 7.67. The number of carbonyl (C=O) groups is 2. The molecule has 6 atom stereocenters. The van der Waals surface area contributed by atoms with Crippen molar-refractivity contribution in [2.24, 2.45) is 23.7 Å². The lowest BCUT2D eigenvalue weighted by atomic mass is 9.79. The SMILES string of the molecule is O=C(Nc1ccc2c(c1)oc1ccccc12)[C@@H]1[C@H]2C[C@H]3[C@H](OC(=O)[C@@H]31)[C@H]2Br. The Morgan fingerprint density at radius 2 is 1.89 bits per heavy atom. The highest BCUT2D eigenvalue weighted by Crippen LogP contribution is 2.60. The molecule has 27 heavy (non-hydrogen) atoms. The molecule has 5 nitrogen and oxygen atoms in total. The van der Waals surface area contributed by atoms with E-state index in [1.807, 2.05) is 42.5 Å². The number of hydrogen-bond acceptors (Lipinski definition) is 4. The van der Waals surface area contributed by atoms with E-state index in [0.29, 0.717) is 5.69 Å². The van der Waals surface area contributed by atoms with E-state index < -0.39 is 0 Å². The molecule has 2 bridgehead atoms. The number of hydrogen-bond donors (Lipinski definition) is 1. The fourth-order valence-electron chi connectivity index (χ4n) is 5.36. The molecule has 3 aromatic rings. The van der Waals surface area contributed by atoms with Gasteiger partial charge in [0.25, 0.3) is 0 Å². The molecule has 2 aromatic carbocycles. The van der Waals surface area contributed by atoms with E-state index in [4.69, 9.17) is 9.15 Å². The molecule has 6 rings (SSSR count). The van der Waals surface area contributed by atoms with Gasteiger partial charge in [-0.1, -0.05) is 34.1 Å². The first-order valence-electron chi connectivity index (χ1n) is 9.18. The smallest absolute Gasteiger partial charge is 0.310 e. The summed E-state index contributed by atoms with van der Waals surface area (Å²) < 4.78 is 11.4. The summed E-state index contributed by atoms with van der Waals surface area (Å²) in [6.07, 6.45) is 0.806. The number of fused-ring (bicyclic) bond motifs is 4. The number of amides is 1. The van der Waals surface area contributed by atoms with Gasteiger partial charge in [-0.15, -0.1) is 0 Å². The molecule has 6 heteroatoms. The summed E-state index contributed by atoms with van der Waals surface area (Å²) in [6.45, 7) is 0. The predicted molar refractivity (Wildman–Crippen MR) is 104 cm³/mol. The number of alkyl halides is 1. The molecule has 1 aliphatic heterocycles. The van der Waals surface area contributed by atoms with Crippen molar-refractivity contribution in [3.63, 3.8) is 0 Å². The van der Waals surface area contributed by atoms with Gasteiger partial charge in [0.2, 0.25) is 5.91 Å². The number of para-hydroxylation sites is 1. The second kappa shape index (κ2) is 5.35. The molecule has 0 radical (unpaired) electrons. The highest BCUT2D eigenvalue weighted by Gasteiger charge is 2.67. The van der Waals surface area contributed by atoms with Crippen LogP contribution >= 0.6 is 15.9 Å². The van der Waals surface area contributed by atoms with Crippen LogP contribution in [0, 0.1) is 23.7 Å². The van der Waals surface area contributed by atoms with Gasteiger partial charge in [-0.3, -0.25) is 9.59 Å². The summed E-state index contributed by atoms with van der Waals surface area (Å²) in [4.78, 5) is 25.3. The first kappa shape index (κ1) is 15.7. The van der Waals surface area contributed by atoms with Crippen molar-refractivity contribution >= 4 is 55.4 Å². The Bertz CT molecular complexity index is 1120. The third kappa shape index (κ3) is 2.05. The lowest BCUT2D eigenvalue weighted by Gasteiger charge is -2.27. The summed E-state index contributed by atoms with van der Waals surface area (Å²) >= 11 is 3.65. The Balaban J connectivity index is 1.32. The van der Waals surface area contributed by atoms with E-state index in [0.717, 1.165) is 28.4 Å². The number of nitrogens with one attached hydrogen (secondary N) is 1. The Labute approximate surface area is 163 Å². The van der Waals surface area contributed by atoms with Crippen LogP contribution in [-0.2, 0) is 14.3 Å². The minimum atomic E-state index is -0.336. The van der Waals surface area contributed by atoms with Gasteiger partial charge in [0.05, 0.1) is 16.7 Å². The third-order valence-electron chi connectivity index (χ3n) is 6.47. The highest BCUT2D eigenvalue weighted by molar-refractivity contribution is 9.09. The number of rotatable bonds is 2. The lowest BCUT2D eigenvalue weighted by molar-refractivity contribution is -0.145. The van der Waals surface area contributed by atoms with Crippen molar-refractivity contribution in [1.29, 1.82) is 0 Å². The van der Waals surface area contributed by atoms with Gasteiger partial charge in [-0.25, -0.2) is 0 Å². The van der Waals surface area contributed by atoms with Crippen LogP contribution in [0.1, 0.15) is 6.42 Å². The number of furan rings is 1. The van der Waals surface area contributed by atoms with Gasteiger partial charge < -0.3 is 14.5 Å². The fourth-order valence-corrected chi connectivity index (χ4v) is 6.40. The van der Waals surface area contributed by atoms with Crippen LogP contribution in [0.25, 0.3) is 21.9 Å². The largest absolute Gasteiger partial charge is 0.461 e. The second-order valence-electron chi connectivity index (χ2n) is 7.76. The molecule has 2 saturated carbocycles. The average Bonchev–Trinajstić information content (AvgIpc) is 3.36. The van der Waals surface area contributed by atoms with Crippen molar-refractivity contribution in [3.8, 4) is 0 Å². The molecule has 3 aliphatic rings. The van der Waals surface area contributed by atoms with Gasteiger partial charge >= 0.3 is 5.97 Å². The van der Waals surface area contributed by atoms with E-state index in [1.54, 1.807) is 0 Å². The molecule has 0 spiro atoms. The zero-order valence-electron chi connectivity index (χ0n) is 14.2. The van der Waals surface area contributed by atoms with Gasteiger partial charge in [0, 0.05) is 28.4 Å². The molecular formula is C21H16BrNO4. The minimum Gasteiger partial charge on any atom is -0.461 e. The maximum absolute atomic E-state index is 13.0. The molecule has 0 unspecified atom stereocenters. The molecule has 2 aliphatic carbocycles. The molecule has 1 saturated heterocycles. The Hall–Kier alpha value is -2.34. The summed E-state index contributed by atoms with van der Waals surface area (Å²) in [5.74, 6) is -0.653. The Kier molecular flexibility index (Phi) is 3.11. The van der Waals surface area contributed by atoms with Crippen LogP contribution in [-0.4, -0.2) is 22.8 Å². The van der Waals surface area contributed by atoms with Crippen molar-refractivity contribution in [3.05, 3.63) is 42.5 Å². The van der Waals surface area contributed by atoms with Crippen molar-refractivity contribution < 1.29 is 18.7 Å². The van der Waals surface area contributed by atoms with Crippen molar-refractivity contribution in [2.45, 2.75) is 17.4 Å². The molecule has 2 heterocycles. The van der Waals surface area contributed by atoms with Gasteiger partial charge in [0.15, 0.2) is 0 Å². The maximum Gasteiger partial charge on any atom is 0.310 e. The average molecular weight is 426 g/mol. The molecule has 136 valence electrons. The molecule has 3 fully saturated rings. The standard InChI is InChI=1S/C21H16BrNO4/c22-18-12-8-13-17(21(25)27-19(13)18)16(12)20(24)23-9-5-6-11-10-3-1-2-4-14(10)26-15(11)7-9/h1-7,12-13,16-19H,8H2,(H,23,24)/t12-,13-,16-,17+,18+,19+/m1/s1. The number of esters is 1. The minimum absolute atomic E-state index is 0.0663. The van der Waals surface area contributed by atoms with Gasteiger partial charge in [0.1, 0.15) is 17.3 Å². The zero-order valence-corrected chi connectivity index (χ0v) is 15.8. The number of ether oxygens (including phenoxy) is 1. The predicted octanol–water partition coefficient (Wildman–Crippen LogP) is 4.10. The van der Waals surface area contributed by atoms with Crippen LogP contribution in [0.4, 0.5) is 5.69 Å². The number of anilines is 1. The van der Waals surface area contributed by atoms with Gasteiger partial charge in [-0.2, -0.15) is 0 Å². The van der Waals surface area contributed by atoms with E-state index in [-0.39, 0.29) is 46.5 Å². The van der Waals surface area contributed by atoms with Crippen LogP contribution < -0.4 is 5.32 Å².